The van der Waals surface area contributed by atoms with Gasteiger partial charge in [-0.2, -0.15) is 0 Å². The van der Waals surface area contributed by atoms with E-state index in [1.54, 1.807) is 6.26 Å². The fourth-order valence-corrected chi connectivity index (χ4v) is 3.03. The Bertz CT molecular complexity index is 710. The molecule has 3 rings (SSSR count). The second-order valence-electron chi connectivity index (χ2n) is 7.03. The van der Waals surface area contributed by atoms with E-state index in [4.69, 9.17) is 18.9 Å². The molecule has 1 saturated heterocycles. The van der Waals surface area contributed by atoms with Crippen LogP contribution in [0.1, 0.15) is 11.3 Å². The Morgan fingerprint density at radius 1 is 1.10 bits per heavy atom. The van der Waals surface area contributed by atoms with Gasteiger partial charge < -0.3 is 24.5 Å². The summed E-state index contributed by atoms with van der Waals surface area (Å²) in [5, 5.41) is 6.74. The van der Waals surface area contributed by atoms with Crippen molar-refractivity contribution in [3.8, 4) is 5.75 Å². The molecule has 7 heteroatoms. The van der Waals surface area contributed by atoms with Gasteiger partial charge in [-0.15, -0.1) is 0 Å². The van der Waals surface area contributed by atoms with Gasteiger partial charge in [-0.05, 0) is 31.2 Å². The number of benzene rings is 1. The molecular formula is C22H32N4O3. The lowest BCUT2D eigenvalue weighted by atomic mass is 10.2. The van der Waals surface area contributed by atoms with Crippen molar-refractivity contribution in [2.24, 2.45) is 4.99 Å². The number of hydrogen-bond donors (Lipinski definition) is 2. The third-order valence-corrected chi connectivity index (χ3v) is 4.72. The third-order valence-electron chi connectivity index (χ3n) is 4.72. The van der Waals surface area contributed by atoms with Crippen molar-refractivity contribution in [1.29, 1.82) is 0 Å². The van der Waals surface area contributed by atoms with Crippen LogP contribution in [-0.4, -0.2) is 69.9 Å². The second-order valence-corrected chi connectivity index (χ2v) is 7.03. The molecule has 7 nitrogen and oxygen atoms in total. The normalized spacial score (nSPS) is 15.3. The Morgan fingerprint density at radius 2 is 1.90 bits per heavy atom. The molecule has 0 unspecified atom stereocenters. The van der Waals surface area contributed by atoms with E-state index in [0.717, 1.165) is 69.8 Å². The first kappa shape index (κ1) is 21.2. The smallest absolute Gasteiger partial charge is 0.191 e. The molecular weight excluding hydrogens is 368 g/mol. The average Bonchev–Trinajstić information content (AvgIpc) is 3.26. The van der Waals surface area contributed by atoms with Gasteiger partial charge in [0, 0.05) is 32.6 Å². The van der Waals surface area contributed by atoms with Crippen LogP contribution in [0, 0.1) is 6.92 Å². The van der Waals surface area contributed by atoms with Gasteiger partial charge in [0.25, 0.3) is 0 Å². The Kier molecular flexibility index (Phi) is 8.88. The van der Waals surface area contributed by atoms with Crippen molar-refractivity contribution in [3.05, 3.63) is 54.0 Å². The molecule has 0 spiro atoms. The molecule has 0 saturated carbocycles. The van der Waals surface area contributed by atoms with Gasteiger partial charge in [-0.25, -0.2) is 0 Å². The molecule has 1 fully saturated rings. The number of furan rings is 1. The molecule has 1 aliphatic rings. The molecule has 1 aliphatic heterocycles. The first-order valence-electron chi connectivity index (χ1n) is 10.3. The topological polar surface area (TPSA) is 71.3 Å². The van der Waals surface area contributed by atoms with E-state index >= 15 is 0 Å². The van der Waals surface area contributed by atoms with Gasteiger partial charge >= 0.3 is 0 Å². The maximum atomic E-state index is 5.79. The Labute approximate surface area is 173 Å². The summed E-state index contributed by atoms with van der Waals surface area (Å²) >= 11 is 0. The molecule has 0 bridgehead atoms. The largest absolute Gasteiger partial charge is 0.492 e. The maximum absolute atomic E-state index is 5.79. The Hall–Kier alpha value is -2.51. The molecule has 1 aromatic carbocycles. The minimum absolute atomic E-state index is 0.575. The van der Waals surface area contributed by atoms with Crippen LogP contribution in [0.15, 0.2) is 52.1 Å². The fraction of sp³-hybridized carbons (Fsp3) is 0.500. The summed E-state index contributed by atoms with van der Waals surface area (Å²) in [5.74, 6) is 2.65. The first-order chi connectivity index (χ1) is 14.3. The highest BCUT2D eigenvalue weighted by Gasteiger charge is 2.09. The van der Waals surface area contributed by atoms with E-state index in [1.165, 1.54) is 5.56 Å². The van der Waals surface area contributed by atoms with Crippen LogP contribution in [0.25, 0.3) is 0 Å². The minimum Gasteiger partial charge on any atom is -0.492 e. The monoisotopic (exact) mass is 400 g/mol. The zero-order chi connectivity index (χ0) is 20.2. The zero-order valence-electron chi connectivity index (χ0n) is 17.2. The van der Waals surface area contributed by atoms with Crippen molar-refractivity contribution < 1.29 is 13.9 Å². The van der Waals surface area contributed by atoms with Crippen molar-refractivity contribution >= 4 is 5.96 Å². The summed E-state index contributed by atoms with van der Waals surface area (Å²) < 4.78 is 16.6. The quantitative estimate of drug-likeness (QED) is 0.361. The van der Waals surface area contributed by atoms with Crippen LogP contribution < -0.4 is 15.4 Å². The summed E-state index contributed by atoms with van der Waals surface area (Å²) in [6.45, 7) is 9.35. The lowest BCUT2D eigenvalue weighted by Gasteiger charge is -2.25. The van der Waals surface area contributed by atoms with Crippen LogP contribution >= 0.6 is 0 Å². The summed E-state index contributed by atoms with van der Waals surface area (Å²) in [7, 11) is 0. The van der Waals surface area contributed by atoms with E-state index in [1.807, 2.05) is 24.3 Å². The minimum atomic E-state index is 0.575. The third kappa shape index (κ3) is 8.17. The highest BCUT2D eigenvalue weighted by atomic mass is 16.5. The molecule has 2 N–H and O–H groups in total. The standard InChI is InChI=1S/C22H32N4O3/c1-19-4-6-21(7-5-19)29-16-11-25-22(23-9-8-20-3-2-15-28-20)24-10-12-26-13-17-27-18-14-26/h2-7,15H,8-14,16-18H2,1H3,(H2,23,24,25). The van der Waals surface area contributed by atoms with Crippen LogP contribution in [0.3, 0.4) is 0 Å². The molecule has 0 aliphatic carbocycles. The Morgan fingerprint density at radius 3 is 2.66 bits per heavy atom. The molecule has 2 aromatic rings. The lowest BCUT2D eigenvalue weighted by Crippen LogP contribution is -2.41. The van der Waals surface area contributed by atoms with E-state index in [2.05, 4.69) is 34.6 Å². The van der Waals surface area contributed by atoms with E-state index in [0.29, 0.717) is 13.2 Å². The summed E-state index contributed by atoms with van der Waals surface area (Å²) in [6.07, 6.45) is 2.52. The summed E-state index contributed by atoms with van der Waals surface area (Å²) in [6, 6.07) is 12.0. The zero-order valence-corrected chi connectivity index (χ0v) is 17.2. The number of guanidine groups is 1. The van der Waals surface area contributed by atoms with Crippen LogP contribution in [-0.2, 0) is 11.2 Å². The van der Waals surface area contributed by atoms with Crippen LogP contribution in [0.5, 0.6) is 5.75 Å². The average molecular weight is 401 g/mol. The Balaban J connectivity index is 1.41. The van der Waals surface area contributed by atoms with Gasteiger partial charge in [0.15, 0.2) is 5.96 Å². The number of hydrogen-bond acceptors (Lipinski definition) is 5. The fourth-order valence-electron chi connectivity index (χ4n) is 3.03. The maximum Gasteiger partial charge on any atom is 0.191 e. The molecule has 2 heterocycles. The van der Waals surface area contributed by atoms with Crippen molar-refractivity contribution in [3.63, 3.8) is 0 Å². The molecule has 0 radical (unpaired) electrons. The van der Waals surface area contributed by atoms with Gasteiger partial charge in [0.2, 0.25) is 0 Å². The van der Waals surface area contributed by atoms with Gasteiger partial charge in [-0.1, -0.05) is 17.7 Å². The van der Waals surface area contributed by atoms with E-state index in [-0.39, 0.29) is 0 Å². The molecule has 0 atom stereocenters. The highest BCUT2D eigenvalue weighted by Crippen LogP contribution is 2.10. The number of ether oxygens (including phenoxy) is 2. The summed E-state index contributed by atoms with van der Waals surface area (Å²) in [4.78, 5) is 7.10. The number of nitrogens with zero attached hydrogens (tertiary/aromatic N) is 2. The van der Waals surface area contributed by atoms with E-state index in [9.17, 15) is 0 Å². The van der Waals surface area contributed by atoms with Crippen LogP contribution in [0.2, 0.25) is 0 Å². The first-order valence-corrected chi connectivity index (χ1v) is 10.3. The van der Waals surface area contributed by atoms with Crippen LogP contribution in [0.4, 0.5) is 0 Å². The SMILES string of the molecule is Cc1ccc(OCCNC(=NCCN2CCOCC2)NCCc2ccco2)cc1. The van der Waals surface area contributed by atoms with Gasteiger partial charge in [0.1, 0.15) is 18.1 Å². The molecule has 0 amide bonds. The van der Waals surface area contributed by atoms with Crippen molar-refractivity contribution in [2.45, 2.75) is 13.3 Å². The molecule has 158 valence electrons. The van der Waals surface area contributed by atoms with Gasteiger partial charge in [-0.3, -0.25) is 9.89 Å². The number of morpholine rings is 1. The number of nitrogens with one attached hydrogen (secondary N) is 2. The lowest BCUT2D eigenvalue weighted by molar-refractivity contribution is 0.0394. The predicted molar refractivity (Wildman–Crippen MR) is 115 cm³/mol. The number of rotatable bonds is 10. The van der Waals surface area contributed by atoms with Gasteiger partial charge in [0.05, 0.1) is 32.6 Å². The highest BCUT2D eigenvalue weighted by molar-refractivity contribution is 5.79. The summed E-state index contributed by atoms with van der Waals surface area (Å²) in [5.41, 5.74) is 1.23. The molecule has 1 aromatic heterocycles. The van der Waals surface area contributed by atoms with E-state index < -0.39 is 0 Å². The second kappa shape index (κ2) is 12.1. The van der Waals surface area contributed by atoms with Crippen molar-refractivity contribution in [2.75, 3.05) is 59.1 Å². The number of aryl methyl sites for hydroxylation is 1. The predicted octanol–water partition coefficient (Wildman–Crippen LogP) is 2.08. The molecule has 29 heavy (non-hydrogen) atoms. The number of aliphatic imine (C=N–C) groups is 1. The van der Waals surface area contributed by atoms with Crippen molar-refractivity contribution in [1.82, 2.24) is 15.5 Å².